The van der Waals surface area contributed by atoms with Crippen molar-refractivity contribution in [1.82, 2.24) is 9.55 Å². The van der Waals surface area contributed by atoms with Crippen LogP contribution in [0.15, 0.2) is 54.7 Å². The Balaban J connectivity index is 1.97. The van der Waals surface area contributed by atoms with E-state index >= 15 is 0 Å². The molecule has 10 heteroatoms. The van der Waals surface area contributed by atoms with Crippen LogP contribution in [0.25, 0.3) is 0 Å². The van der Waals surface area contributed by atoms with E-state index in [1.165, 1.54) is 23.9 Å². The van der Waals surface area contributed by atoms with Crippen LogP contribution in [0.1, 0.15) is 22.0 Å². The van der Waals surface area contributed by atoms with E-state index < -0.39 is 22.8 Å². The second kappa shape index (κ2) is 8.93. The zero-order chi connectivity index (χ0) is 21.0. The second-order valence-electron chi connectivity index (χ2n) is 5.92. The van der Waals surface area contributed by atoms with Gasteiger partial charge in [0.05, 0.1) is 19.2 Å². The highest BCUT2D eigenvalue weighted by Crippen LogP contribution is 2.32. The maximum atomic E-state index is 12.6. The van der Waals surface area contributed by atoms with Gasteiger partial charge in [0.15, 0.2) is 0 Å². The Morgan fingerprint density at radius 3 is 2.59 bits per heavy atom. The largest absolute Gasteiger partial charge is 0.452 e. The highest BCUT2D eigenvalue weighted by atomic mass is 35.5. The molecular formula is C19H15Cl2N3O5. The van der Waals surface area contributed by atoms with Gasteiger partial charge in [0, 0.05) is 20.6 Å². The summed E-state index contributed by atoms with van der Waals surface area (Å²) in [5, 5.41) is 11.8. The molecule has 3 rings (SSSR count). The van der Waals surface area contributed by atoms with Gasteiger partial charge in [0.2, 0.25) is 0 Å². The molecule has 0 bridgehead atoms. The third-order valence-corrected chi connectivity index (χ3v) is 4.59. The van der Waals surface area contributed by atoms with Crippen LogP contribution < -0.4 is 4.74 Å². The summed E-state index contributed by atoms with van der Waals surface area (Å²) in [4.78, 5) is 26.8. The number of benzene rings is 2. The van der Waals surface area contributed by atoms with Gasteiger partial charge in [-0.3, -0.25) is 4.57 Å². The first-order valence-electron chi connectivity index (χ1n) is 8.35. The van der Waals surface area contributed by atoms with Gasteiger partial charge in [-0.25, -0.2) is 4.79 Å². The standard InChI is InChI=1S/C19H15Cl2N3O5/c1-28-19-22-17(24(26)27)11-23(19)10-16(14-8-7-13(20)9-15(14)21)29-18(25)12-5-3-2-4-6-12/h2-9,11,16H,10H2,1H3. The maximum Gasteiger partial charge on any atom is 0.414 e. The van der Waals surface area contributed by atoms with Crippen LogP contribution in [0.3, 0.4) is 0 Å². The van der Waals surface area contributed by atoms with Gasteiger partial charge >= 0.3 is 17.8 Å². The monoisotopic (exact) mass is 435 g/mol. The molecule has 0 aliphatic heterocycles. The lowest BCUT2D eigenvalue weighted by Crippen LogP contribution is -2.18. The van der Waals surface area contributed by atoms with E-state index in [0.717, 1.165) is 0 Å². The number of carbonyl (C=O) groups is 1. The van der Waals surface area contributed by atoms with Crippen molar-refractivity contribution in [3.8, 4) is 6.01 Å². The number of rotatable bonds is 7. The van der Waals surface area contributed by atoms with Gasteiger partial charge in [-0.2, -0.15) is 0 Å². The van der Waals surface area contributed by atoms with Crippen molar-refractivity contribution in [3.05, 3.63) is 86.0 Å². The molecule has 1 atom stereocenters. The van der Waals surface area contributed by atoms with Crippen molar-refractivity contribution in [1.29, 1.82) is 0 Å². The summed E-state index contributed by atoms with van der Waals surface area (Å²) in [6.07, 6.45) is 0.321. The number of ether oxygens (including phenoxy) is 2. The third kappa shape index (κ3) is 4.85. The number of hydrogen-bond acceptors (Lipinski definition) is 6. The summed E-state index contributed by atoms with van der Waals surface area (Å²) in [5.74, 6) is -0.965. The molecule has 150 valence electrons. The van der Waals surface area contributed by atoms with Crippen molar-refractivity contribution in [2.45, 2.75) is 12.6 Å². The van der Waals surface area contributed by atoms with Crippen molar-refractivity contribution in [2.24, 2.45) is 0 Å². The van der Waals surface area contributed by atoms with Gasteiger partial charge in [-0.1, -0.05) is 47.5 Å². The van der Waals surface area contributed by atoms with Crippen LogP contribution in [0, 0.1) is 10.1 Å². The quantitative estimate of drug-likeness (QED) is 0.303. The van der Waals surface area contributed by atoms with E-state index in [1.807, 2.05) is 0 Å². The Bertz CT molecular complexity index is 1040. The smallest absolute Gasteiger partial charge is 0.414 e. The summed E-state index contributed by atoms with van der Waals surface area (Å²) < 4.78 is 12.2. The van der Waals surface area contributed by atoms with E-state index in [1.54, 1.807) is 42.5 Å². The highest BCUT2D eigenvalue weighted by molar-refractivity contribution is 6.35. The molecule has 0 aliphatic rings. The molecule has 0 saturated heterocycles. The molecule has 3 aromatic rings. The fourth-order valence-electron chi connectivity index (χ4n) is 2.68. The van der Waals surface area contributed by atoms with Crippen molar-refractivity contribution >= 4 is 35.0 Å². The summed E-state index contributed by atoms with van der Waals surface area (Å²) in [7, 11) is 1.34. The number of esters is 1. The van der Waals surface area contributed by atoms with E-state index in [-0.39, 0.29) is 17.6 Å². The van der Waals surface area contributed by atoms with Crippen LogP contribution in [-0.4, -0.2) is 27.6 Å². The van der Waals surface area contributed by atoms with E-state index in [4.69, 9.17) is 32.7 Å². The number of methoxy groups -OCH3 is 1. The SMILES string of the molecule is COc1nc([N+](=O)[O-])cn1CC(OC(=O)c1ccccc1)c1ccc(Cl)cc1Cl. The third-order valence-electron chi connectivity index (χ3n) is 4.03. The van der Waals surface area contributed by atoms with Crippen LogP contribution in [-0.2, 0) is 11.3 Å². The minimum absolute atomic E-state index is 0.00236. The predicted octanol–water partition coefficient (Wildman–Crippen LogP) is 4.71. The maximum absolute atomic E-state index is 12.6. The molecule has 29 heavy (non-hydrogen) atoms. The molecule has 0 radical (unpaired) electrons. The molecule has 1 aromatic heterocycles. The first kappa shape index (κ1) is 20.6. The molecule has 8 nitrogen and oxygen atoms in total. The van der Waals surface area contributed by atoms with Gasteiger partial charge in [-0.15, -0.1) is 0 Å². The van der Waals surface area contributed by atoms with E-state index in [9.17, 15) is 14.9 Å². The zero-order valence-electron chi connectivity index (χ0n) is 15.1. The minimum atomic E-state index is -0.879. The minimum Gasteiger partial charge on any atom is -0.452 e. The lowest BCUT2D eigenvalue weighted by atomic mass is 10.1. The Hall–Kier alpha value is -3.10. The highest BCUT2D eigenvalue weighted by Gasteiger charge is 2.26. The average molecular weight is 436 g/mol. The molecule has 0 spiro atoms. The topological polar surface area (TPSA) is 96.5 Å². The number of carbonyl (C=O) groups excluding carboxylic acids is 1. The van der Waals surface area contributed by atoms with Crippen molar-refractivity contribution in [2.75, 3.05) is 7.11 Å². The van der Waals surface area contributed by atoms with E-state index in [0.29, 0.717) is 16.1 Å². The number of aromatic nitrogens is 2. The molecule has 0 amide bonds. The molecule has 1 heterocycles. The Kier molecular flexibility index (Phi) is 6.36. The molecule has 0 saturated carbocycles. The van der Waals surface area contributed by atoms with Crippen LogP contribution in [0.2, 0.25) is 10.0 Å². The predicted molar refractivity (Wildman–Crippen MR) is 106 cm³/mol. The molecule has 1 unspecified atom stereocenters. The van der Waals surface area contributed by atoms with Gasteiger partial charge in [-0.05, 0) is 29.2 Å². The average Bonchev–Trinajstić information content (AvgIpc) is 3.11. The first-order chi connectivity index (χ1) is 13.9. The van der Waals surface area contributed by atoms with Crippen molar-refractivity contribution < 1.29 is 19.2 Å². The molecule has 0 N–H and O–H groups in total. The molecular weight excluding hydrogens is 421 g/mol. The zero-order valence-corrected chi connectivity index (χ0v) is 16.6. The summed E-state index contributed by atoms with van der Waals surface area (Å²) >= 11 is 12.3. The summed E-state index contributed by atoms with van der Waals surface area (Å²) in [6, 6.07) is 13.2. The van der Waals surface area contributed by atoms with Gasteiger partial charge in [0.25, 0.3) is 0 Å². The van der Waals surface area contributed by atoms with Gasteiger partial charge < -0.3 is 19.6 Å². The molecule has 2 aromatic carbocycles. The number of halogens is 2. The first-order valence-corrected chi connectivity index (χ1v) is 9.11. The summed E-state index contributed by atoms with van der Waals surface area (Å²) in [5.41, 5.74) is 0.838. The van der Waals surface area contributed by atoms with E-state index in [2.05, 4.69) is 4.98 Å². The Labute approximate surface area is 175 Å². The number of hydrogen-bond donors (Lipinski definition) is 0. The van der Waals surface area contributed by atoms with Crippen molar-refractivity contribution in [3.63, 3.8) is 0 Å². The Morgan fingerprint density at radius 1 is 1.24 bits per heavy atom. The van der Waals surface area contributed by atoms with Crippen LogP contribution in [0.5, 0.6) is 6.01 Å². The van der Waals surface area contributed by atoms with Crippen LogP contribution >= 0.6 is 23.2 Å². The molecule has 0 fully saturated rings. The Morgan fingerprint density at radius 2 is 1.97 bits per heavy atom. The number of nitro groups is 1. The normalized spacial score (nSPS) is 11.7. The fraction of sp³-hybridized carbons (Fsp3) is 0.158. The van der Waals surface area contributed by atoms with Crippen LogP contribution in [0.4, 0.5) is 5.82 Å². The lowest BCUT2D eigenvalue weighted by Gasteiger charge is -2.20. The van der Waals surface area contributed by atoms with Gasteiger partial charge in [0.1, 0.15) is 12.3 Å². The summed E-state index contributed by atoms with van der Waals surface area (Å²) in [6.45, 7) is -0.00998. The molecule has 0 aliphatic carbocycles. The number of nitrogens with zero attached hydrogens (tertiary/aromatic N) is 3. The lowest BCUT2D eigenvalue weighted by molar-refractivity contribution is -0.389. The number of imidazole rings is 1. The fourth-order valence-corrected chi connectivity index (χ4v) is 3.21. The second-order valence-corrected chi connectivity index (χ2v) is 6.76.